The van der Waals surface area contributed by atoms with E-state index in [9.17, 15) is 13.9 Å². The molecule has 2 unspecified atom stereocenters. The molecule has 1 fully saturated rings. The first-order valence-electron chi connectivity index (χ1n) is 5.41. The second-order valence-corrected chi connectivity index (χ2v) is 5.37. The van der Waals surface area contributed by atoms with E-state index in [1.54, 1.807) is 11.8 Å². The highest BCUT2D eigenvalue weighted by atomic mass is 32.2. The highest BCUT2D eigenvalue weighted by molar-refractivity contribution is 8.00. The van der Waals surface area contributed by atoms with Crippen molar-refractivity contribution >= 4 is 11.8 Å². The molecule has 1 nitrogen and oxygen atoms in total. The molecule has 0 aliphatic carbocycles. The number of rotatable bonds is 3. The molecule has 1 aliphatic rings. The zero-order chi connectivity index (χ0) is 11.5. The lowest BCUT2D eigenvalue weighted by molar-refractivity contribution is 0.167. The quantitative estimate of drug-likeness (QED) is 0.882. The molecular formula is C12H14F2OS. The fraction of sp³-hybridized carbons (Fsp3) is 0.500. The molecule has 16 heavy (non-hydrogen) atoms. The van der Waals surface area contributed by atoms with Crippen LogP contribution >= 0.6 is 11.8 Å². The van der Waals surface area contributed by atoms with Gasteiger partial charge in [0.25, 0.3) is 0 Å². The maximum Gasteiger partial charge on any atom is 0.129 e. The van der Waals surface area contributed by atoms with E-state index in [0.717, 1.165) is 18.6 Å². The minimum Gasteiger partial charge on any atom is -0.392 e. The first kappa shape index (κ1) is 11.9. The van der Waals surface area contributed by atoms with Crippen LogP contribution in [0.25, 0.3) is 0 Å². The van der Waals surface area contributed by atoms with Crippen LogP contribution in [-0.4, -0.2) is 22.2 Å². The summed E-state index contributed by atoms with van der Waals surface area (Å²) in [5.74, 6) is -0.106. The lowest BCUT2D eigenvalue weighted by atomic mass is 10.0. The number of hydrogen-bond acceptors (Lipinski definition) is 2. The summed E-state index contributed by atoms with van der Waals surface area (Å²) in [5.41, 5.74) is 0.00231. The van der Waals surface area contributed by atoms with Crippen LogP contribution in [0.5, 0.6) is 0 Å². The van der Waals surface area contributed by atoms with Crippen LogP contribution in [0, 0.1) is 11.6 Å². The van der Waals surface area contributed by atoms with Gasteiger partial charge in [-0.15, -0.1) is 0 Å². The summed E-state index contributed by atoms with van der Waals surface area (Å²) in [6, 6.07) is 3.80. The van der Waals surface area contributed by atoms with Gasteiger partial charge < -0.3 is 5.11 Å². The summed E-state index contributed by atoms with van der Waals surface area (Å²) >= 11 is 1.69. The second-order valence-electron chi connectivity index (χ2n) is 4.02. The molecular weight excluding hydrogens is 230 g/mol. The molecule has 0 aromatic heterocycles. The van der Waals surface area contributed by atoms with Gasteiger partial charge in [0.1, 0.15) is 11.6 Å². The molecule has 1 heterocycles. The zero-order valence-corrected chi connectivity index (χ0v) is 9.64. The summed E-state index contributed by atoms with van der Waals surface area (Å²) in [7, 11) is 0. The smallest absolute Gasteiger partial charge is 0.129 e. The minimum absolute atomic E-state index is 0.00231. The molecule has 88 valence electrons. The van der Waals surface area contributed by atoms with Gasteiger partial charge in [-0.3, -0.25) is 0 Å². The summed E-state index contributed by atoms with van der Waals surface area (Å²) < 4.78 is 26.7. The van der Waals surface area contributed by atoms with Gasteiger partial charge in [0.15, 0.2) is 0 Å². The normalized spacial score (nSPS) is 22.3. The molecule has 1 aromatic carbocycles. The number of hydrogen-bond donors (Lipinski definition) is 1. The van der Waals surface area contributed by atoms with Gasteiger partial charge in [0, 0.05) is 17.2 Å². The lowest BCUT2D eigenvalue weighted by Crippen LogP contribution is -2.24. The molecule has 0 amide bonds. The Morgan fingerprint density at radius 1 is 1.38 bits per heavy atom. The fourth-order valence-corrected chi connectivity index (χ4v) is 3.26. The third kappa shape index (κ3) is 2.55. The van der Waals surface area contributed by atoms with Gasteiger partial charge in [-0.1, -0.05) is 6.07 Å². The van der Waals surface area contributed by atoms with E-state index in [4.69, 9.17) is 0 Å². The van der Waals surface area contributed by atoms with Crippen molar-refractivity contribution in [2.24, 2.45) is 0 Å². The Hall–Kier alpha value is -0.610. The maximum absolute atomic E-state index is 13.3. The Labute approximate surface area is 97.9 Å². The largest absolute Gasteiger partial charge is 0.392 e. The SMILES string of the molecule is OC(Cc1c(F)cccc1F)C1CCCS1. The van der Waals surface area contributed by atoms with E-state index in [0.29, 0.717) is 0 Å². The molecule has 1 aliphatic heterocycles. The van der Waals surface area contributed by atoms with Crippen molar-refractivity contribution in [1.82, 2.24) is 0 Å². The molecule has 0 radical (unpaired) electrons. The monoisotopic (exact) mass is 244 g/mol. The predicted molar refractivity (Wildman–Crippen MR) is 61.5 cm³/mol. The van der Waals surface area contributed by atoms with E-state index >= 15 is 0 Å². The topological polar surface area (TPSA) is 20.2 Å². The molecule has 2 rings (SSSR count). The molecule has 1 aromatic rings. The molecule has 0 saturated carbocycles. The third-order valence-corrected chi connectivity index (χ3v) is 4.37. The average Bonchev–Trinajstić information content (AvgIpc) is 2.76. The Balaban J connectivity index is 2.07. The van der Waals surface area contributed by atoms with Crippen molar-refractivity contribution < 1.29 is 13.9 Å². The van der Waals surface area contributed by atoms with E-state index < -0.39 is 17.7 Å². The van der Waals surface area contributed by atoms with Crippen molar-refractivity contribution in [2.75, 3.05) is 5.75 Å². The van der Waals surface area contributed by atoms with Crippen LogP contribution in [0.15, 0.2) is 18.2 Å². The van der Waals surface area contributed by atoms with Crippen LogP contribution < -0.4 is 0 Å². The van der Waals surface area contributed by atoms with E-state index in [1.165, 1.54) is 18.2 Å². The zero-order valence-electron chi connectivity index (χ0n) is 8.83. The van der Waals surface area contributed by atoms with Crippen LogP contribution in [0.1, 0.15) is 18.4 Å². The van der Waals surface area contributed by atoms with Crippen molar-refractivity contribution in [2.45, 2.75) is 30.6 Å². The van der Waals surface area contributed by atoms with Crippen molar-refractivity contribution in [1.29, 1.82) is 0 Å². The van der Waals surface area contributed by atoms with Crippen LogP contribution in [0.3, 0.4) is 0 Å². The molecule has 0 spiro atoms. The molecule has 1 N–H and O–H groups in total. The summed E-state index contributed by atoms with van der Waals surface area (Å²) in [4.78, 5) is 0. The Morgan fingerprint density at radius 3 is 2.62 bits per heavy atom. The number of halogens is 2. The predicted octanol–water partition coefficient (Wildman–Crippen LogP) is 2.76. The van der Waals surface area contributed by atoms with Crippen molar-refractivity contribution in [3.8, 4) is 0 Å². The van der Waals surface area contributed by atoms with Crippen molar-refractivity contribution in [3.05, 3.63) is 35.4 Å². The second kappa shape index (κ2) is 5.15. The van der Waals surface area contributed by atoms with Gasteiger partial charge >= 0.3 is 0 Å². The van der Waals surface area contributed by atoms with Gasteiger partial charge in [0.05, 0.1) is 6.10 Å². The minimum atomic E-state index is -0.654. The first-order valence-corrected chi connectivity index (χ1v) is 6.46. The molecule has 4 heteroatoms. The lowest BCUT2D eigenvalue weighted by Gasteiger charge is -2.17. The number of benzene rings is 1. The van der Waals surface area contributed by atoms with Gasteiger partial charge in [-0.05, 0) is 30.7 Å². The fourth-order valence-electron chi connectivity index (χ4n) is 1.97. The summed E-state index contributed by atoms with van der Waals surface area (Å²) in [6.45, 7) is 0. The summed E-state index contributed by atoms with van der Waals surface area (Å²) in [5, 5.41) is 10.0. The highest BCUT2D eigenvalue weighted by Crippen LogP contribution is 2.30. The standard InChI is InChI=1S/C12H14F2OS/c13-9-3-1-4-10(14)8(9)7-11(15)12-5-2-6-16-12/h1,3-4,11-12,15H,2,5-7H2. The van der Waals surface area contributed by atoms with Gasteiger partial charge in [0.2, 0.25) is 0 Å². The third-order valence-electron chi connectivity index (χ3n) is 2.87. The van der Waals surface area contributed by atoms with Crippen molar-refractivity contribution in [3.63, 3.8) is 0 Å². The van der Waals surface area contributed by atoms with E-state index in [2.05, 4.69) is 0 Å². The number of aliphatic hydroxyl groups is 1. The molecule has 0 bridgehead atoms. The first-order chi connectivity index (χ1) is 7.68. The summed E-state index contributed by atoms with van der Waals surface area (Å²) in [6.07, 6.45) is 1.42. The van der Waals surface area contributed by atoms with Gasteiger partial charge in [-0.2, -0.15) is 11.8 Å². The average molecular weight is 244 g/mol. The van der Waals surface area contributed by atoms with Crippen LogP contribution in [-0.2, 0) is 6.42 Å². The Bertz CT molecular complexity index is 344. The van der Waals surface area contributed by atoms with Crippen LogP contribution in [0.2, 0.25) is 0 Å². The molecule has 1 saturated heterocycles. The van der Waals surface area contributed by atoms with E-state index in [-0.39, 0.29) is 17.2 Å². The Morgan fingerprint density at radius 2 is 2.06 bits per heavy atom. The maximum atomic E-state index is 13.3. The van der Waals surface area contributed by atoms with Gasteiger partial charge in [-0.25, -0.2) is 8.78 Å². The van der Waals surface area contributed by atoms with Crippen LogP contribution in [0.4, 0.5) is 8.78 Å². The number of thioether (sulfide) groups is 1. The Kier molecular flexibility index (Phi) is 3.82. The highest BCUT2D eigenvalue weighted by Gasteiger charge is 2.25. The number of aliphatic hydroxyl groups excluding tert-OH is 1. The van der Waals surface area contributed by atoms with E-state index in [1.807, 2.05) is 0 Å². The molecule has 2 atom stereocenters.